The first kappa shape index (κ1) is 15.4. The van der Waals surface area contributed by atoms with Crippen LogP contribution in [0.3, 0.4) is 0 Å². The minimum absolute atomic E-state index is 0.145. The molecular formula is C19H18N4O2. The highest BCUT2D eigenvalue weighted by Crippen LogP contribution is 2.21. The van der Waals surface area contributed by atoms with Crippen molar-refractivity contribution in [1.29, 1.82) is 0 Å². The van der Waals surface area contributed by atoms with Crippen LogP contribution >= 0.6 is 0 Å². The normalized spacial score (nSPS) is 14.2. The molecule has 0 spiro atoms. The summed E-state index contributed by atoms with van der Waals surface area (Å²) in [7, 11) is 0. The molecule has 0 atom stereocenters. The molecule has 1 aliphatic heterocycles. The molecule has 1 saturated heterocycles. The molecule has 2 aromatic carbocycles. The zero-order valence-corrected chi connectivity index (χ0v) is 13.7. The van der Waals surface area contributed by atoms with E-state index in [1.54, 1.807) is 17.2 Å². The fourth-order valence-corrected chi connectivity index (χ4v) is 3.15. The van der Waals surface area contributed by atoms with Crippen LogP contribution in [0, 0.1) is 0 Å². The lowest BCUT2D eigenvalue weighted by Crippen LogP contribution is -2.24. The van der Waals surface area contributed by atoms with Crippen molar-refractivity contribution in [2.45, 2.75) is 19.4 Å². The predicted octanol–water partition coefficient (Wildman–Crippen LogP) is 2.62. The van der Waals surface area contributed by atoms with Gasteiger partial charge >= 0.3 is 0 Å². The molecule has 4 rings (SSSR count). The molecule has 126 valence electrons. The van der Waals surface area contributed by atoms with Gasteiger partial charge in [-0.3, -0.25) is 14.7 Å². The summed E-state index contributed by atoms with van der Waals surface area (Å²) in [5, 5.41) is 10.7. The molecule has 3 aromatic rings. The third-order valence-electron chi connectivity index (χ3n) is 4.50. The summed E-state index contributed by atoms with van der Waals surface area (Å²) in [6, 6.07) is 13.3. The maximum absolute atomic E-state index is 12.4. The average Bonchev–Trinajstić information content (AvgIpc) is 3.28. The number of amides is 2. The van der Waals surface area contributed by atoms with Gasteiger partial charge in [-0.1, -0.05) is 24.3 Å². The number of rotatable bonds is 4. The van der Waals surface area contributed by atoms with Gasteiger partial charge in [0.15, 0.2) is 0 Å². The number of carbonyl (C=O) groups excluding carboxylic acids is 2. The quantitative estimate of drug-likeness (QED) is 0.770. The number of hydrogen-bond donors (Lipinski definition) is 2. The summed E-state index contributed by atoms with van der Waals surface area (Å²) in [6.45, 7) is 1.21. The fraction of sp³-hybridized carbons (Fsp3) is 0.211. The molecular weight excluding hydrogens is 316 g/mol. The largest absolute Gasteiger partial charge is 0.348 e. The van der Waals surface area contributed by atoms with E-state index in [2.05, 4.69) is 15.5 Å². The molecule has 25 heavy (non-hydrogen) atoms. The number of H-pyrrole nitrogens is 1. The zero-order chi connectivity index (χ0) is 17.2. The van der Waals surface area contributed by atoms with Crippen molar-refractivity contribution in [2.24, 2.45) is 0 Å². The van der Waals surface area contributed by atoms with E-state index in [1.165, 1.54) is 0 Å². The van der Waals surface area contributed by atoms with Gasteiger partial charge in [0.1, 0.15) is 0 Å². The number of anilines is 1. The number of carbonyl (C=O) groups is 2. The van der Waals surface area contributed by atoms with E-state index in [0.29, 0.717) is 18.5 Å². The highest BCUT2D eigenvalue weighted by Gasteiger charge is 2.21. The molecule has 1 aliphatic rings. The van der Waals surface area contributed by atoms with Crippen molar-refractivity contribution < 1.29 is 9.59 Å². The van der Waals surface area contributed by atoms with E-state index in [4.69, 9.17) is 0 Å². The third-order valence-corrected chi connectivity index (χ3v) is 4.50. The van der Waals surface area contributed by atoms with Crippen molar-refractivity contribution >= 4 is 28.4 Å². The summed E-state index contributed by atoms with van der Waals surface area (Å²) >= 11 is 0. The molecule has 1 fully saturated rings. The Morgan fingerprint density at radius 3 is 2.80 bits per heavy atom. The molecule has 0 saturated carbocycles. The van der Waals surface area contributed by atoms with Gasteiger partial charge in [0.2, 0.25) is 5.91 Å². The van der Waals surface area contributed by atoms with Gasteiger partial charge in [-0.05, 0) is 30.2 Å². The molecule has 2 N–H and O–H groups in total. The second-order valence-corrected chi connectivity index (χ2v) is 6.14. The second kappa shape index (κ2) is 6.39. The molecule has 0 aliphatic carbocycles. The van der Waals surface area contributed by atoms with Crippen molar-refractivity contribution in [3.8, 4) is 0 Å². The maximum Gasteiger partial charge on any atom is 0.253 e. The number of fused-ring (bicyclic) bond motifs is 1. The van der Waals surface area contributed by atoms with Crippen molar-refractivity contribution in [3.63, 3.8) is 0 Å². The van der Waals surface area contributed by atoms with Crippen LogP contribution in [0.1, 0.15) is 28.8 Å². The highest BCUT2D eigenvalue weighted by molar-refractivity contribution is 6.05. The van der Waals surface area contributed by atoms with Crippen LogP contribution in [0.25, 0.3) is 10.9 Å². The Morgan fingerprint density at radius 2 is 2.04 bits per heavy atom. The van der Waals surface area contributed by atoms with E-state index in [1.807, 2.05) is 36.4 Å². The number of benzene rings is 2. The van der Waals surface area contributed by atoms with Crippen molar-refractivity contribution in [1.82, 2.24) is 15.5 Å². The first-order valence-electron chi connectivity index (χ1n) is 8.32. The molecule has 0 radical (unpaired) electrons. The topological polar surface area (TPSA) is 78.1 Å². The van der Waals surface area contributed by atoms with Crippen molar-refractivity contribution in [2.75, 3.05) is 11.4 Å². The lowest BCUT2D eigenvalue weighted by molar-refractivity contribution is -0.117. The Morgan fingerprint density at radius 1 is 1.20 bits per heavy atom. The number of nitrogens with one attached hydrogen (secondary N) is 2. The standard InChI is InChI=1S/C19H18N4O2/c24-17-5-2-10-23(17)15-8-6-13(7-9-15)11-20-19(25)16-4-1-3-14-12-21-22-18(14)16/h1,3-4,6-9,12H,2,5,10-11H2,(H,20,25)(H,21,22). The van der Waals surface area contributed by atoms with Crippen LogP contribution in [0.4, 0.5) is 5.69 Å². The minimum atomic E-state index is -0.145. The van der Waals surface area contributed by atoms with Gasteiger partial charge in [0, 0.05) is 30.6 Å². The van der Waals surface area contributed by atoms with Gasteiger partial charge in [0.25, 0.3) is 5.91 Å². The predicted molar refractivity (Wildman–Crippen MR) is 95.3 cm³/mol. The molecule has 1 aromatic heterocycles. The van der Waals surface area contributed by atoms with Crippen LogP contribution < -0.4 is 10.2 Å². The summed E-state index contributed by atoms with van der Waals surface area (Å²) in [4.78, 5) is 26.0. The summed E-state index contributed by atoms with van der Waals surface area (Å²) in [5.41, 5.74) is 3.22. The van der Waals surface area contributed by atoms with E-state index in [-0.39, 0.29) is 11.8 Å². The minimum Gasteiger partial charge on any atom is -0.348 e. The average molecular weight is 334 g/mol. The van der Waals surface area contributed by atoms with E-state index >= 15 is 0 Å². The molecule has 6 nitrogen and oxygen atoms in total. The Balaban J connectivity index is 1.43. The number of aromatic nitrogens is 2. The van der Waals surface area contributed by atoms with Crippen LogP contribution in [-0.4, -0.2) is 28.6 Å². The van der Waals surface area contributed by atoms with Crippen LogP contribution in [0.5, 0.6) is 0 Å². The Labute approximate surface area is 144 Å². The van der Waals surface area contributed by atoms with Crippen molar-refractivity contribution in [3.05, 3.63) is 59.8 Å². The van der Waals surface area contributed by atoms with Crippen LogP contribution in [0.15, 0.2) is 48.7 Å². The summed E-state index contributed by atoms with van der Waals surface area (Å²) < 4.78 is 0. The monoisotopic (exact) mass is 334 g/mol. The Hall–Kier alpha value is -3.15. The third kappa shape index (κ3) is 2.98. The zero-order valence-electron chi connectivity index (χ0n) is 13.7. The summed E-state index contributed by atoms with van der Waals surface area (Å²) in [6.07, 6.45) is 3.23. The van der Waals surface area contributed by atoms with E-state index in [0.717, 1.165) is 35.1 Å². The SMILES string of the molecule is O=C(NCc1ccc(N2CCCC2=O)cc1)c1cccc2cn[nH]c12. The van der Waals surface area contributed by atoms with Gasteiger partial charge in [-0.25, -0.2) is 0 Å². The van der Waals surface area contributed by atoms with Gasteiger partial charge in [-0.15, -0.1) is 0 Å². The maximum atomic E-state index is 12.4. The molecule has 2 heterocycles. The molecule has 2 amide bonds. The number of para-hydroxylation sites is 1. The lowest BCUT2D eigenvalue weighted by Gasteiger charge is -2.16. The van der Waals surface area contributed by atoms with E-state index in [9.17, 15) is 9.59 Å². The number of aromatic amines is 1. The number of hydrogen-bond acceptors (Lipinski definition) is 3. The number of nitrogens with zero attached hydrogens (tertiary/aromatic N) is 2. The van der Waals surface area contributed by atoms with Gasteiger partial charge in [-0.2, -0.15) is 5.10 Å². The first-order chi connectivity index (χ1) is 12.2. The summed E-state index contributed by atoms with van der Waals surface area (Å²) in [5.74, 6) is 0.0300. The smallest absolute Gasteiger partial charge is 0.253 e. The first-order valence-corrected chi connectivity index (χ1v) is 8.32. The molecule has 0 bridgehead atoms. The Bertz CT molecular complexity index is 930. The highest BCUT2D eigenvalue weighted by atomic mass is 16.2. The fourth-order valence-electron chi connectivity index (χ4n) is 3.15. The lowest BCUT2D eigenvalue weighted by atomic mass is 10.1. The second-order valence-electron chi connectivity index (χ2n) is 6.14. The van der Waals surface area contributed by atoms with Crippen LogP contribution in [0.2, 0.25) is 0 Å². The Kier molecular flexibility index (Phi) is 3.93. The molecule has 0 unspecified atom stereocenters. The molecule has 6 heteroatoms. The van der Waals surface area contributed by atoms with E-state index < -0.39 is 0 Å². The van der Waals surface area contributed by atoms with Crippen LogP contribution in [-0.2, 0) is 11.3 Å². The van der Waals surface area contributed by atoms with Gasteiger partial charge in [0.05, 0.1) is 17.3 Å². The van der Waals surface area contributed by atoms with Gasteiger partial charge < -0.3 is 10.2 Å².